The van der Waals surface area contributed by atoms with E-state index in [9.17, 15) is 0 Å². The third-order valence-electron chi connectivity index (χ3n) is 0. The van der Waals surface area contributed by atoms with E-state index in [1.165, 1.54) is 0 Å². The number of hydrogen-bond acceptors (Lipinski definition) is 2. The zero-order chi connectivity index (χ0) is 3.58. The highest BCUT2D eigenvalue weighted by Crippen LogP contribution is 1.27. The Labute approximate surface area is 61.0 Å². The minimum atomic E-state index is -3.12. The van der Waals surface area contributed by atoms with Crippen molar-refractivity contribution in [3.8, 4) is 0 Å². The minimum absolute atomic E-state index is 0. The fourth-order valence-electron chi connectivity index (χ4n) is 0. The summed E-state index contributed by atoms with van der Waals surface area (Å²) in [6, 6.07) is 0. The molecule has 7 heteroatoms. The molecule has 0 amide bonds. The highest BCUT2D eigenvalue weighted by molar-refractivity contribution is 8.93. The van der Waals surface area contributed by atoms with Crippen LogP contribution in [0.1, 0.15) is 0 Å². The fraction of sp³-hybridized carbons (Fsp3) is 0. The maximum atomic E-state index is 8.59. The van der Waals surface area contributed by atoms with Crippen LogP contribution in [-0.2, 0) is 11.0 Å². The molecule has 0 aliphatic rings. The number of hydrogen-bond donors (Lipinski definition) is 2. The van der Waals surface area contributed by atoms with Crippen molar-refractivity contribution in [1.29, 1.82) is 0 Å². The third kappa shape index (κ3) is 128. The van der Waals surface area contributed by atoms with Crippen molar-refractivity contribution in [3.63, 3.8) is 0 Å². The maximum absolute atomic E-state index is 8.59. The molecule has 0 radical (unpaired) electrons. The molecule has 0 aromatic carbocycles. The second-order valence-electron chi connectivity index (χ2n) is 0.238. The Hall–Kier alpha value is 1.25. The Bertz CT molecular complexity index is 61.3. The van der Waals surface area contributed by atoms with Crippen molar-refractivity contribution < 1.29 is 13.0 Å². The van der Waals surface area contributed by atoms with Gasteiger partial charge >= 0.3 is 0 Å². The first-order valence-corrected chi connectivity index (χ1v) is 1.70. The van der Waals surface area contributed by atoms with Crippen molar-refractivity contribution >= 4 is 47.8 Å². The highest BCUT2D eigenvalue weighted by Gasteiger charge is 1.44. The summed E-state index contributed by atoms with van der Waals surface area (Å²) in [6.07, 6.45) is 0. The molecule has 7 heavy (non-hydrogen) atoms. The zero-order valence-corrected chi connectivity index (χ0v) is 8.97. The van der Waals surface area contributed by atoms with Gasteiger partial charge in [-0.15, -0.1) is 17.0 Å². The molecule has 0 bridgehead atoms. The summed E-state index contributed by atoms with van der Waals surface area (Å²) < 4.78 is 24.2. The first-order valence-electron chi connectivity index (χ1n) is 0.565. The monoisotopic (exact) mass is 230 g/mol. The molecule has 0 rings (SSSR count). The first kappa shape index (κ1) is 24.0. The molecule has 2 atom stereocenters. The van der Waals surface area contributed by atoms with Crippen LogP contribution in [0.3, 0.4) is 0 Å². The summed E-state index contributed by atoms with van der Waals surface area (Å²) in [7, 11) is -3.12. The van der Waals surface area contributed by atoms with Gasteiger partial charge in [-0.2, -0.15) is 19.8 Å². The van der Waals surface area contributed by atoms with Crippen LogP contribution in [0.25, 0.3) is 0 Å². The molecular weight excluding hydrogens is 222 g/mol. The van der Waals surface area contributed by atoms with Gasteiger partial charge in [0.15, 0.2) is 0 Å². The Balaban J connectivity index is -0.0000000150. The summed E-state index contributed by atoms with van der Waals surface area (Å²) in [5.41, 5.74) is 0. The van der Waals surface area contributed by atoms with Gasteiger partial charge in [0.2, 0.25) is 0 Å². The van der Waals surface area contributed by atoms with Gasteiger partial charge in [0.25, 0.3) is 11.0 Å². The smallest absolute Gasteiger partial charge is 0.254 e. The van der Waals surface area contributed by atoms with Crippen LogP contribution < -0.4 is 0 Å². The SMILES string of the molecule is Br.O=[SH](=O)O.P.P. The van der Waals surface area contributed by atoms with Crippen LogP contribution in [0, 0.1) is 0 Å². The van der Waals surface area contributed by atoms with Crippen molar-refractivity contribution in [2.24, 2.45) is 0 Å². The molecule has 2 unspecified atom stereocenters. The van der Waals surface area contributed by atoms with Gasteiger partial charge in [-0.1, -0.05) is 0 Å². The van der Waals surface area contributed by atoms with Gasteiger partial charge in [0.1, 0.15) is 0 Å². The van der Waals surface area contributed by atoms with Crippen molar-refractivity contribution in [2.45, 2.75) is 0 Å². The Morgan fingerprint density at radius 3 is 1.14 bits per heavy atom. The lowest BCUT2D eigenvalue weighted by Gasteiger charge is -1.43. The van der Waals surface area contributed by atoms with E-state index < -0.39 is 11.0 Å². The molecule has 1 N–H and O–H groups in total. The van der Waals surface area contributed by atoms with E-state index in [1.54, 1.807) is 0 Å². The molecule has 0 fully saturated rings. The largest absolute Gasteiger partial charge is 0.288 e. The zero-order valence-electron chi connectivity index (χ0n) is 3.53. The number of rotatable bonds is 0. The molecule has 0 saturated carbocycles. The molecule has 0 aromatic rings. The number of thiol groups is 1. The van der Waals surface area contributed by atoms with Gasteiger partial charge in [-0.05, 0) is 0 Å². The van der Waals surface area contributed by atoms with E-state index in [1.807, 2.05) is 0 Å². The van der Waals surface area contributed by atoms with Gasteiger partial charge in [-0.3, -0.25) is 4.55 Å². The molecule has 0 saturated heterocycles. The molecule has 0 spiro atoms. The van der Waals surface area contributed by atoms with Crippen LogP contribution in [0.4, 0.5) is 0 Å². The first-order chi connectivity index (χ1) is 1.73. The number of halogens is 1. The quantitative estimate of drug-likeness (QED) is 0.344. The molecule has 0 aliphatic carbocycles. The van der Waals surface area contributed by atoms with Crippen LogP contribution in [-0.4, -0.2) is 13.0 Å². The molecule has 0 aromatic heterocycles. The van der Waals surface area contributed by atoms with E-state index in [0.29, 0.717) is 0 Å². The summed E-state index contributed by atoms with van der Waals surface area (Å²) in [4.78, 5) is 0. The van der Waals surface area contributed by atoms with E-state index >= 15 is 0 Å². The maximum Gasteiger partial charge on any atom is 0.254 e. The predicted molar refractivity (Wildman–Crippen MR) is 45.5 cm³/mol. The summed E-state index contributed by atoms with van der Waals surface area (Å²) in [6.45, 7) is 0. The molecule has 0 heterocycles. The molecule has 3 nitrogen and oxygen atoms in total. The van der Waals surface area contributed by atoms with Crippen LogP contribution >= 0.6 is 36.8 Å². The molecule has 0 aliphatic heterocycles. The van der Waals surface area contributed by atoms with E-state index in [4.69, 9.17) is 13.0 Å². The lowest BCUT2D eigenvalue weighted by molar-refractivity contribution is 0.509. The van der Waals surface area contributed by atoms with Crippen molar-refractivity contribution in [1.82, 2.24) is 0 Å². The van der Waals surface area contributed by atoms with Gasteiger partial charge in [0, 0.05) is 0 Å². The highest BCUT2D eigenvalue weighted by atomic mass is 79.9. The minimum Gasteiger partial charge on any atom is -0.288 e. The second-order valence-corrected chi connectivity index (χ2v) is 0.714. The Kier molecular flexibility index (Phi) is 53.8. The van der Waals surface area contributed by atoms with E-state index in [2.05, 4.69) is 0 Å². The summed E-state index contributed by atoms with van der Waals surface area (Å²) in [5, 5.41) is 0. The molecular formula is H9BrO3P2S. The third-order valence-corrected chi connectivity index (χ3v) is 0. The fourth-order valence-corrected chi connectivity index (χ4v) is 0. The van der Waals surface area contributed by atoms with Crippen molar-refractivity contribution in [3.05, 3.63) is 0 Å². The topological polar surface area (TPSA) is 54.4 Å². The van der Waals surface area contributed by atoms with E-state index in [0.717, 1.165) is 0 Å². The average Bonchev–Trinajstić information content (AvgIpc) is 0.811. The Morgan fingerprint density at radius 2 is 1.14 bits per heavy atom. The van der Waals surface area contributed by atoms with Gasteiger partial charge in [-0.25, -0.2) is 8.42 Å². The van der Waals surface area contributed by atoms with Crippen molar-refractivity contribution in [2.75, 3.05) is 0 Å². The van der Waals surface area contributed by atoms with Crippen LogP contribution in [0.5, 0.6) is 0 Å². The van der Waals surface area contributed by atoms with Crippen LogP contribution in [0.15, 0.2) is 0 Å². The van der Waals surface area contributed by atoms with Gasteiger partial charge < -0.3 is 0 Å². The molecule has 50 valence electrons. The van der Waals surface area contributed by atoms with Crippen LogP contribution in [0.2, 0.25) is 0 Å². The summed E-state index contributed by atoms with van der Waals surface area (Å²) >= 11 is 0. The Morgan fingerprint density at radius 1 is 1.14 bits per heavy atom. The average molecular weight is 231 g/mol. The standard InChI is InChI=1S/BrH.H2O3S.2H3P/c;1-4(2)3;;/h1H;4H,(H,1,2,3);2*1H3. The second kappa shape index (κ2) is 15.7. The lowest BCUT2D eigenvalue weighted by Crippen LogP contribution is -1.58. The lowest BCUT2D eigenvalue weighted by atomic mass is 15.9. The van der Waals surface area contributed by atoms with Gasteiger partial charge in [0.05, 0.1) is 0 Å². The predicted octanol–water partition coefficient (Wildman–Crippen LogP) is -0.235. The summed E-state index contributed by atoms with van der Waals surface area (Å²) in [5.74, 6) is 0. The normalized spacial score (nSPS) is 4.86. The van der Waals surface area contributed by atoms with E-state index in [-0.39, 0.29) is 36.8 Å².